The zero-order chi connectivity index (χ0) is 11.7. The first-order valence-electron chi connectivity index (χ1n) is 4.66. The summed E-state index contributed by atoms with van der Waals surface area (Å²) in [6.45, 7) is 1.89. The van der Waals surface area contributed by atoms with Crippen LogP contribution in [0.3, 0.4) is 0 Å². The number of anilines is 1. The molecule has 16 heavy (non-hydrogen) atoms. The summed E-state index contributed by atoms with van der Waals surface area (Å²) in [6.07, 6.45) is 3.27. The Morgan fingerprint density at radius 2 is 2.25 bits per heavy atom. The Hall–Kier alpha value is -2.37. The first-order chi connectivity index (χ1) is 7.58. The van der Waals surface area contributed by atoms with Gasteiger partial charge in [-0.15, -0.1) is 0 Å². The molecule has 0 aliphatic heterocycles. The average Bonchev–Trinajstić information content (AvgIpc) is 2.66. The number of amides is 1. The third kappa shape index (κ3) is 1.72. The molecule has 0 radical (unpaired) electrons. The van der Waals surface area contributed by atoms with Crippen LogP contribution >= 0.6 is 0 Å². The SMILES string of the molecule is Cc1cnc(-n2ccc(C(N)=O)n2)c(N)c1. The van der Waals surface area contributed by atoms with Crippen molar-refractivity contribution in [1.82, 2.24) is 14.8 Å². The summed E-state index contributed by atoms with van der Waals surface area (Å²) in [7, 11) is 0. The van der Waals surface area contributed by atoms with Crippen LogP contribution in [-0.4, -0.2) is 20.7 Å². The van der Waals surface area contributed by atoms with Crippen LogP contribution in [-0.2, 0) is 0 Å². The highest BCUT2D eigenvalue weighted by Crippen LogP contribution is 2.14. The largest absolute Gasteiger partial charge is 0.396 e. The van der Waals surface area contributed by atoms with Gasteiger partial charge in [-0.3, -0.25) is 4.79 Å². The fraction of sp³-hybridized carbons (Fsp3) is 0.100. The van der Waals surface area contributed by atoms with E-state index in [0.717, 1.165) is 5.56 Å². The minimum absolute atomic E-state index is 0.182. The van der Waals surface area contributed by atoms with E-state index in [-0.39, 0.29) is 5.69 Å². The molecule has 0 aromatic carbocycles. The van der Waals surface area contributed by atoms with Gasteiger partial charge in [0, 0.05) is 12.4 Å². The number of hydrogen-bond acceptors (Lipinski definition) is 4. The van der Waals surface area contributed by atoms with Crippen molar-refractivity contribution in [1.29, 1.82) is 0 Å². The van der Waals surface area contributed by atoms with Crippen LogP contribution in [0.25, 0.3) is 5.82 Å². The van der Waals surface area contributed by atoms with Gasteiger partial charge in [-0.1, -0.05) is 0 Å². The van der Waals surface area contributed by atoms with Crippen LogP contribution in [0.1, 0.15) is 16.1 Å². The maximum atomic E-state index is 10.9. The lowest BCUT2D eigenvalue weighted by atomic mass is 10.3. The molecule has 0 aliphatic rings. The number of nitrogen functional groups attached to an aromatic ring is 1. The maximum absolute atomic E-state index is 10.9. The Kier molecular flexibility index (Phi) is 2.32. The number of carbonyl (C=O) groups is 1. The normalized spacial score (nSPS) is 10.3. The molecule has 0 fully saturated rings. The molecule has 0 saturated carbocycles. The fourth-order valence-electron chi connectivity index (χ4n) is 1.35. The number of primary amides is 1. The summed E-state index contributed by atoms with van der Waals surface area (Å²) in [5.74, 6) is -0.0949. The van der Waals surface area contributed by atoms with Gasteiger partial charge in [-0.2, -0.15) is 5.10 Å². The summed E-state index contributed by atoms with van der Waals surface area (Å²) in [6, 6.07) is 3.30. The Morgan fingerprint density at radius 3 is 2.81 bits per heavy atom. The number of nitrogens with two attached hydrogens (primary N) is 2. The van der Waals surface area contributed by atoms with Gasteiger partial charge < -0.3 is 11.5 Å². The second-order valence-electron chi connectivity index (χ2n) is 3.44. The molecular formula is C10H11N5O. The topological polar surface area (TPSA) is 99.8 Å². The molecule has 0 aliphatic carbocycles. The molecule has 6 heteroatoms. The number of nitrogens with zero attached hydrogens (tertiary/aromatic N) is 3. The van der Waals surface area contributed by atoms with Gasteiger partial charge >= 0.3 is 0 Å². The van der Waals surface area contributed by atoms with Gasteiger partial charge in [0.05, 0.1) is 5.69 Å². The summed E-state index contributed by atoms with van der Waals surface area (Å²) in [5, 5.41) is 3.97. The number of aromatic nitrogens is 3. The van der Waals surface area contributed by atoms with Crippen molar-refractivity contribution in [3.63, 3.8) is 0 Å². The van der Waals surface area contributed by atoms with Gasteiger partial charge in [0.2, 0.25) is 0 Å². The quantitative estimate of drug-likeness (QED) is 0.753. The van der Waals surface area contributed by atoms with Crippen LogP contribution in [0, 0.1) is 6.92 Å². The van der Waals surface area contributed by atoms with Crippen molar-refractivity contribution >= 4 is 11.6 Å². The van der Waals surface area contributed by atoms with E-state index in [2.05, 4.69) is 10.1 Å². The minimum atomic E-state index is -0.579. The summed E-state index contributed by atoms with van der Waals surface area (Å²) in [4.78, 5) is 15.0. The molecule has 2 rings (SSSR count). The highest BCUT2D eigenvalue weighted by atomic mass is 16.1. The minimum Gasteiger partial charge on any atom is -0.396 e. The van der Waals surface area contributed by atoms with Crippen LogP contribution in [0.4, 0.5) is 5.69 Å². The van der Waals surface area contributed by atoms with Crippen LogP contribution in [0.2, 0.25) is 0 Å². The molecule has 4 N–H and O–H groups in total. The summed E-state index contributed by atoms with van der Waals surface area (Å²) >= 11 is 0. The fourth-order valence-corrected chi connectivity index (χ4v) is 1.35. The zero-order valence-corrected chi connectivity index (χ0v) is 8.71. The molecule has 0 spiro atoms. The van der Waals surface area contributed by atoms with Gasteiger partial charge in [-0.05, 0) is 24.6 Å². The van der Waals surface area contributed by atoms with E-state index in [4.69, 9.17) is 11.5 Å². The number of hydrogen-bond donors (Lipinski definition) is 2. The molecule has 2 aromatic rings. The highest BCUT2D eigenvalue weighted by Gasteiger charge is 2.08. The van der Waals surface area contributed by atoms with E-state index in [0.29, 0.717) is 11.5 Å². The van der Waals surface area contributed by atoms with Crippen molar-refractivity contribution in [2.24, 2.45) is 5.73 Å². The van der Waals surface area contributed by atoms with Crippen LogP contribution < -0.4 is 11.5 Å². The molecule has 2 aromatic heterocycles. The monoisotopic (exact) mass is 217 g/mol. The van der Waals surface area contributed by atoms with E-state index in [9.17, 15) is 4.79 Å². The molecule has 2 heterocycles. The molecule has 0 atom stereocenters. The van der Waals surface area contributed by atoms with Crippen molar-refractivity contribution in [3.8, 4) is 5.82 Å². The van der Waals surface area contributed by atoms with Gasteiger partial charge in [0.15, 0.2) is 5.82 Å². The van der Waals surface area contributed by atoms with Crippen LogP contribution in [0.5, 0.6) is 0 Å². The lowest BCUT2D eigenvalue weighted by Crippen LogP contribution is -2.12. The number of pyridine rings is 1. The molecule has 6 nitrogen and oxygen atoms in total. The number of aryl methyl sites for hydroxylation is 1. The molecule has 82 valence electrons. The second kappa shape index (κ2) is 3.65. The van der Waals surface area contributed by atoms with Gasteiger partial charge in [-0.25, -0.2) is 9.67 Å². The molecule has 0 unspecified atom stereocenters. The highest BCUT2D eigenvalue weighted by molar-refractivity contribution is 5.90. The Morgan fingerprint density at radius 1 is 1.50 bits per heavy atom. The maximum Gasteiger partial charge on any atom is 0.269 e. The summed E-state index contributed by atoms with van der Waals surface area (Å²) < 4.78 is 1.43. The van der Waals surface area contributed by atoms with Crippen LogP contribution in [0.15, 0.2) is 24.5 Å². The summed E-state index contributed by atoms with van der Waals surface area (Å²) in [5.41, 5.74) is 12.5. The van der Waals surface area contributed by atoms with Crippen molar-refractivity contribution in [2.75, 3.05) is 5.73 Å². The second-order valence-corrected chi connectivity index (χ2v) is 3.44. The smallest absolute Gasteiger partial charge is 0.269 e. The van der Waals surface area contributed by atoms with Crippen molar-refractivity contribution in [3.05, 3.63) is 35.8 Å². The van der Waals surface area contributed by atoms with E-state index >= 15 is 0 Å². The van der Waals surface area contributed by atoms with E-state index in [1.54, 1.807) is 18.5 Å². The predicted octanol–water partition coefficient (Wildman–Crippen LogP) is 0.257. The third-order valence-electron chi connectivity index (χ3n) is 2.09. The molecule has 1 amide bonds. The Bertz CT molecular complexity index is 546. The first-order valence-corrected chi connectivity index (χ1v) is 4.66. The first kappa shape index (κ1) is 10.2. The third-order valence-corrected chi connectivity index (χ3v) is 2.09. The molecular weight excluding hydrogens is 206 g/mol. The van der Waals surface area contributed by atoms with E-state index in [1.807, 2.05) is 6.92 Å². The molecule has 0 saturated heterocycles. The van der Waals surface area contributed by atoms with E-state index < -0.39 is 5.91 Å². The zero-order valence-electron chi connectivity index (χ0n) is 8.71. The van der Waals surface area contributed by atoms with Gasteiger partial charge in [0.1, 0.15) is 5.69 Å². The number of carbonyl (C=O) groups excluding carboxylic acids is 1. The lowest BCUT2D eigenvalue weighted by molar-refractivity contribution is 0.0995. The Balaban J connectivity index is 2.46. The molecule has 0 bridgehead atoms. The average molecular weight is 217 g/mol. The standard InChI is InChI=1S/C10H11N5O/c1-6-4-7(11)10(13-5-6)15-3-2-8(14-15)9(12)16/h2-5H,11H2,1H3,(H2,12,16). The predicted molar refractivity (Wildman–Crippen MR) is 59.0 cm³/mol. The Labute approximate surface area is 91.9 Å². The van der Waals surface area contributed by atoms with Crippen molar-refractivity contribution < 1.29 is 4.79 Å². The lowest BCUT2D eigenvalue weighted by Gasteiger charge is -2.04. The van der Waals surface area contributed by atoms with E-state index in [1.165, 1.54) is 10.7 Å². The number of rotatable bonds is 2. The van der Waals surface area contributed by atoms with Crippen molar-refractivity contribution in [2.45, 2.75) is 6.92 Å². The van der Waals surface area contributed by atoms with Gasteiger partial charge in [0.25, 0.3) is 5.91 Å².